The second-order valence-electron chi connectivity index (χ2n) is 4.62. The lowest BCUT2D eigenvalue weighted by Gasteiger charge is -2.19. The Morgan fingerprint density at radius 3 is 2.47 bits per heavy atom. The SMILES string of the molecule is CCC(CC)n1c(C(C)Cl)nc2ccc(OC)nc21. The number of rotatable bonds is 5. The summed E-state index contributed by atoms with van der Waals surface area (Å²) in [7, 11) is 1.62. The highest BCUT2D eigenvalue weighted by atomic mass is 35.5. The largest absolute Gasteiger partial charge is 0.481 e. The number of imidazole rings is 1. The Labute approximate surface area is 118 Å². The molecule has 0 spiro atoms. The highest BCUT2D eigenvalue weighted by molar-refractivity contribution is 6.20. The van der Waals surface area contributed by atoms with Crippen LogP contribution >= 0.6 is 11.6 Å². The van der Waals surface area contributed by atoms with Crippen LogP contribution in [-0.2, 0) is 0 Å². The number of fused-ring (bicyclic) bond motifs is 1. The maximum absolute atomic E-state index is 6.27. The van der Waals surface area contributed by atoms with Crippen molar-refractivity contribution in [1.29, 1.82) is 0 Å². The number of hydrogen-bond donors (Lipinski definition) is 0. The molecule has 0 amide bonds. The Balaban J connectivity index is 2.69. The van der Waals surface area contributed by atoms with Gasteiger partial charge in [0.15, 0.2) is 5.65 Å². The number of halogens is 1. The van der Waals surface area contributed by atoms with Crippen LogP contribution in [-0.4, -0.2) is 21.6 Å². The standard InChI is InChI=1S/C14H20ClN3O/c1-5-10(6-2)18-13(9(3)15)16-11-7-8-12(19-4)17-14(11)18/h7-10H,5-6H2,1-4H3. The molecule has 0 N–H and O–H groups in total. The van der Waals surface area contributed by atoms with Gasteiger partial charge in [-0.3, -0.25) is 0 Å². The van der Waals surface area contributed by atoms with Crippen molar-refractivity contribution in [1.82, 2.24) is 14.5 Å². The van der Waals surface area contributed by atoms with E-state index in [9.17, 15) is 0 Å². The summed E-state index contributed by atoms with van der Waals surface area (Å²) in [4.78, 5) is 9.15. The molecule has 0 fully saturated rings. The first kappa shape index (κ1) is 14.1. The molecule has 0 saturated heterocycles. The minimum absolute atomic E-state index is 0.138. The molecule has 5 heteroatoms. The van der Waals surface area contributed by atoms with E-state index in [0.717, 1.165) is 29.8 Å². The number of pyridine rings is 1. The van der Waals surface area contributed by atoms with E-state index >= 15 is 0 Å². The van der Waals surface area contributed by atoms with Crippen LogP contribution in [0.15, 0.2) is 12.1 Å². The van der Waals surface area contributed by atoms with Gasteiger partial charge in [-0.15, -0.1) is 11.6 Å². The fourth-order valence-electron chi connectivity index (χ4n) is 2.38. The summed E-state index contributed by atoms with van der Waals surface area (Å²) < 4.78 is 7.37. The van der Waals surface area contributed by atoms with Crippen LogP contribution in [0.25, 0.3) is 11.2 Å². The van der Waals surface area contributed by atoms with Gasteiger partial charge >= 0.3 is 0 Å². The van der Waals surface area contributed by atoms with Gasteiger partial charge < -0.3 is 9.30 Å². The molecule has 0 aliphatic carbocycles. The van der Waals surface area contributed by atoms with Crippen LogP contribution in [0.2, 0.25) is 0 Å². The number of nitrogens with zero attached hydrogens (tertiary/aromatic N) is 3. The average Bonchev–Trinajstić information content (AvgIpc) is 2.79. The summed E-state index contributed by atoms with van der Waals surface area (Å²) in [6, 6.07) is 4.12. The van der Waals surface area contributed by atoms with Gasteiger partial charge in [-0.05, 0) is 25.8 Å². The van der Waals surface area contributed by atoms with Crippen molar-refractivity contribution >= 4 is 22.8 Å². The Morgan fingerprint density at radius 1 is 1.26 bits per heavy atom. The Bertz CT molecular complexity index is 561. The number of alkyl halides is 1. The first-order valence-electron chi connectivity index (χ1n) is 6.69. The van der Waals surface area contributed by atoms with Crippen LogP contribution in [0.3, 0.4) is 0 Å². The summed E-state index contributed by atoms with van der Waals surface area (Å²) >= 11 is 6.27. The minimum atomic E-state index is -0.138. The topological polar surface area (TPSA) is 39.9 Å². The van der Waals surface area contributed by atoms with Gasteiger partial charge in [0.25, 0.3) is 0 Å². The monoisotopic (exact) mass is 281 g/mol. The smallest absolute Gasteiger partial charge is 0.215 e. The first-order chi connectivity index (χ1) is 9.12. The second kappa shape index (κ2) is 5.78. The highest BCUT2D eigenvalue weighted by Gasteiger charge is 2.21. The summed E-state index contributed by atoms with van der Waals surface area (Å²) in [5, 5.41) is -0.138. The Morgan fingerprint density at radius 2 is 1.95 bits per heavy atom. The average molecular weight is 282 g/mol. The molecule has 1 unspecified atom stereocenters. The van der Waals surface area contributed by atoms with Gasteiger partial charge in [-0.25, -0.2) is 4.98 Å². The van der Waals surface area contributed by atoms with Crippen molar-refractivity contribution in [2.45, 2.75) is 45.0 Å². The summed E-state index contributed by atoms with van der Waals surface area (Å²) in [6.45, 7) is 6.28. The zero-order valence-corrected chi connectivity index (χ0v) is 12.6. The van der Waals surface area contributed by atoms with Gasteiger partial charge in [0.05, 0.1) is 12.5 Å². The van der Waals surface area contributed by atoms with E-state index in [4.69, 9.17) is 16.3 Å². The normalized spacial score (nSPS) is 13.2. The maximum atomic E-state index is 6.27. The molecular weight excluding hydrogens is 262 g/mol. The lowest BCUT2D eigenvalue weighted by molar-refractivity contribution is 0.397. The third-order valence-electron chi connectivity index (χ3n) is 3.41. The summed E-state index contributed by atoms with van der Waals surface area (Å²) in [5.41, 5.74) is 1.73. The van der Waals surface area contributed by atoms with Crippen molar-refractivity contribution in [2.75, 3.05) is 7.11 Å². The number of aromatic nitrogens is 3. The van der Waals surface area contributed by atoms with Gasteiger partial charge in [0.2, 0.25) is 5.88 Å². The predicted octanol–water partition coefficient (Wildman–Crippen LogP) is 4.10. The van der Waals surface area contributed by atoms with Crippen molar-refractivity contribution in [3.63, 3.8) is 0 Å². The molecular formula is C14H20ClN3O. The summed E-state index contributed by atoms with van der Waals surface area (Å²) in [5.74, 6) is 1.49. The molecule has 19 heavy (non-hydrogen) atoms. The molecule has 1 atom stereocenters. The van der Waals surface area contributed by atoms with Gasteiger partial charge in [-0.1, -0.05) is 13.8 Å². The Hall–Kier alpha value is -1.29. The van der Waals surface area contributed by atoms with Gasteiger partial charge in [0.1, 0.15) is 11.3 Å². The van der Waals surface area contributed by atoms with E-state index < -0.39 is 0 Å². The van der Waals surface area contributed by atoms with Crippen molar-refractivity contribution in [3.8, 4) is 5.88 Å². The van der Waals surface area contributed by atoms with Gasteiger partial charge in [0, 0.05) is 12.1 Å². The van der Waals surface area contributed by atoms with Crippen molar-refractivity contribution in [3.05, 3.63) is 18.0 Å². The van der Waals surface area contributed by atoms with Crippen molar-refractivity contribution in [2.24, 2.45) is 0 Å². The zero-order chi connectivity index (χ0) is 14.0. The molecule has 2 aromatic heterocycles. The van der Waals surface area contributed by atoms with E-state index in [1.807, 2.05) is 19.1 Å². The van der Waals surface area contributed by atoms with Crippen LogP contribution in [0.1, 0.15) is 50.9 Å². The third-order valence-corrected chi connectivity index (χ3v) is 3.61. The highest BCUT2D eigenvalue weighted by Crippen LogP contribution is 2.30. The predicted molar refractivity (Wildman–Crippen MR) is 78.0 cm³/mol. The van der Waals surface area contributed by atoms with Gasteiger partial charge in [-0.2, -0.15) is 4.98 Å². The lowest BCUT2D eigenvalue weighted by atomic mass is 10.1. The minimum Gasteiger partial charge on any atom is -0.481 e. The zero-order valence-electron chi connectivity index (χ0n) is 11.9. The third kappa shape index (κ3) is 2.54. The first-order valence-corrected chi connectivity index (χ1v) is 7.12. The molecule has 0 aliphatic rings. The molecule has 104 valence electrons. The summed E-state index contributed by atoms with van der Waals surface area (Å²) in [6.07, 6.45) is 2.05. The molecule has 0 saturated carbocycles. The second-order valence-corrected chi connectivity index (χ2v) is 5.28. The van der Waals surface area contributed by atoms with E-state index in [0.29, 0.717) is 11.9 Å². The van der Waals surface area contributed by atoms with Crippen molar-refractivity contribution < 1.29 is 4.74 Å². The Kier molecular flexibility index (Phi) is 4.30. The number of ether oxygens (including phenoxy) is 1. The molecule has 0 aliphatic heterocycles. The fourth-order valence-corrected chi connectivity index (χ4v) is 2.54. The molecule has 0 bridgehead atoms. The van der Waals surface area contributed by atoms with Crippen LogP contribution in [0.4, 0.5) is 0 Å². The van der Waals surface area contributed by atoms with E-state index in [1.165, 1.54) is 0 Å². The number of methoxy groups -OCH3 is 1. The molecule has 4 nitrogen and oxygen atoms in total. The van der Waals surface area contributed by atoms with E-state index in [1.54, 1.807) is 7.11 Å². The lowest BCUT2D eigenvalue weighted by Crippen LogP contribution is -2.12. The maximum Gasteiger partial charge on any atom is 0.215 e. The van der Waals surface area contributed by atoms with E-state index in [-0.39, 0.29) is 5.38 Å². The van der Waals surface area contributed by atoms with E-state index in [2.05, 4.69) is 28.4 Å². The molecule has 2 heterocycles. The van der Waals surface area contributed by atoms with Crippen LogP contribution < -0.4 is 4.74 Å². The quantitative estimate of drug-likeness (QED) is 0.775. The molecule has 2 aromatic rings. The molecule has 0 radical (unpaired) electrons. The number of hydrogen-bond acceptors (Lipinski definition) is 3. The fraction of sp³-hybridized carbons (Fsp3) is 0.571. The molecule has 0 aromatic carbocycles. The molecule has 2 rings (SSSR count). The van der Waals surface area contributed by atoms with Crippen LogP contribution in [0, 0.1) is 0 Å². The van der Waals surface area contributed by atoms with Crippen LogP contribution in [0.5, 0.6) is 5.88 Å².